The fourth-order valence-electron chi connectivity index (χ4n) is 2.38. The largest absolute Gasteiger partial charge is 0.465 e. The van der Waals surface area contributed by atoms with E-state index in [0.717, 1.165) is 29.9 Å². The summed E-state index contributed by atoms with van der Waals surface area (Å²) in [5.74, 6) is -1.46. The number of carbonyl (C=O) groups excluding carboxylic acids is 1. The van der Waals surface area contributed by atoms with Crippen LogP contribution in [0, 0.1) is 5.92 Å². The molecule has 1 aliphatic heterocycles. The topological polar surface area (TPSA) is 66.4 Å². The number of hydrogen-bond acceptors (Lipinski definition) is 7. The Bertz CT molecular complexity index is 535. The van der Waals surface area contributed by atoms with Gasteiger partial charge in [0, 0.05) is 12.8 Å². The van der Waals surface area contributed by atoms with Crippen LogP contribution in [0.15, 0.2) is 22.7 Å². The number of thiophene rings is 1. The minimum absolute atomic E-state index is 0.291. The van der Waals surface area contributed by atoms with Gasteiger partial charge in [-0.25, -0.2) is 4.79 Å². The van der Waals surface area contributed by atoms with Gasteiger partial charge in [0.2, 0.25) is 0 Å². The van der Waals surface area contributed by atoms with E-state index in [1.54, 1.807) is 18.3 Å². The van der Waals surface area contributed by atoms with Gasteiger partial charge in [-0.05, 0) is 37.6 Å². The quantitative estimate of drug-likeness (QED) is 0.310. The summed E-state index contributed by atoms with van der Waals surface area (Å²) in [5, 5.41) is 6.15. The number of nitrogens with zero attached hydrogens (tertiary/aromatic N) is 1. The second-order valence-corrected chi connectivity index (χ2v) is 6.86. The molecule has 7 heteroatoms. The minimum atomic E-state index is -1.26. The van der Waals surface area contributed by atoms with Gasteiger partial charge in [-0.15, -0.1) is 11.3 Å². The molecule has 1 aliphatic rings. The molecule has 0 amide bonds. The Morgan fingerprint density at radius 2 is 2.17 bits per heavy atom. The first-order chi connectivity index (χ1) is 11.5. The molecular weight excluding hydrogens is 330 g/mol. The van der Waals surface area contributed by atoms with Crippen LogP contribution >= 0.6 is 11.3 Å². The van der Waals surface area contributed by atoms with E-state index in [1.165, 1.54) is 7.11 Å². The van der Waals surface area contributed by atoms with Crippen LogP contribution < -0.4 is 0 Å². The van der Waals surface area contributed by atoms with E-state index >= 15 is 0 Å². The molecule has 1 fully saturated rings. The summed E-state index contributed by atoms with van der Waals surface area (Å²) in [5.41, 5.74) is 0.904. The molecule has 0 aliphatic carbocycles. The van der Waals surface area contributed by atoms with E-state index in [9.17, 15) is 4.79 Å². The first-order valence-corrected chi connectivity index (χ1v) is 9.00. The molecule has 24 heavy (non-hydrogen) atoms. The van der Waals surface area contributed by atoms with E-state index in [1.807, 2.05) is 24.4 Å². The summed E-state index contributed by atoms with van der Waals surface area (Å²) in [7, 11) is 1.33. The van der Waals surface area contributed by atoms with Crippen molar-refractivity contribution in [2.75, 3.05) is 26.9 Å². The number of ether oxygens (including phenoxy) is 3. The van der Waals surface area contributed by atoms with Crippen LogP contribution in [-0.4, -0.2) is 44.4 Å². The van der Waals surface area contributed by atoms with E-state index in [-0.39, 0.29) is 0 Å². The second kappa shape index (κ2) is 9.15. The third-order valence-electron chi connectivity index (χ3n) is 3.92. The lowest BCUT2D eigenvalue weighted by atomic mass is 10.0. The van der Waals surface area contributed by atoms with E-state index in [4.69, 9.17) is 14.3 Å². The van der Waals surface area contributed by atoms with Crippen LogP contribution in [0.4, 0.5) is 0 Å². The van der Waals surface area contributed by atoms with Crippen molar-refractivity contribution in [3.63, 3.8) is 0 Å². The van der Waals surface area contributed by atoms with Crippen molar-refractivity contribution >= 4 is 23.0 Å². The molecule has 1 saturated heterocycles. The highest BCUT2D eigenvalue weighted by atomic mass is 32.1. The normalized spacial score (nSPS) is 24.6. The number of carbonyl (C=O) groups is 1. The first kappa shape index (κ1) is 18.9. The molecule has 134 valence electrons. The Kier molecular flexibility index (Phi) is 7.20. The Balaban J connectivity index is 1.57. The van der Waals surface area contributed by atoms with Gasteiger partial charge in [0.15, 0.2) is 0 Å². The molecule has 6 nitrogen and oxygen atoms in total. The fourth-order valence-corrected chi connectivity index (χ4v) is 3.05. The summed E-state index contributed by atoms with van der Waals surface area (Å²) in [6, 6.07) is 4.02. The molecule has 0 unspecified atom stereocenters. The Hall–Kier alpha value is -1.44. The van der Waals surface area contributed by atoms with Crippen LogP contribution in [0.25, 0.3) is 0 Å². The second-order valence-electron chi connectivity index (χ2n) is 5.91. The maximum Gasteiger partial charge on any atom is 0.366 e. The molecule has 0 radical (unpaired) electrons. The van der Waals surface area contributed by atoms with Gasteiger partial charge in [0.1, 0.15) is 6.61 Å². The highest BCUT2D eigenvalue weighted by molar-refractivity contribution is 7.12. The zero-order chi connectivity index (χ0) is 17.4. The molecule has 2 rings (SSSR count). The van der Waals surface area contributed by atoms with Gasteiger partial charge in [0.25, 0.3) is 5.79 Å². The van der Waals surface area contributed by atoms with Gasteiger partial charge < -0.3 is 19.0 Å². The molecule has 0 saturated carbocycles. The van der Waals surface area contributed by atoms with E-state index < -0.39 is 11.8 Å². The van der Waals surface area contributed by atoms with E-state index in [2.05, 4.69) is 9.89 Å². The number of hydrogen-bond donors (Lipinski definition) is 0. The van der Waals surface area contributed by atoms with Crippen molar-refractivity contribution < 1.29 is 23.8 Å². The maximum atomic E-state index is 11.6. The van der Waals surface area contributed by atoms with Crippen molar-refractivity contribution in [1.29, 1.82) is 0 Å². The zero-order valence-electron chi connectivity index (χ0n) is 14.4. The summed E-state index contributed by atoms with van der Waals surface area (Å²) in [6.07, 6.45) is 2.89. The summed E-state index contributed by atoms with van der Waals surface area (Å²) >= 11 is 1.65. The molecule has 2 heterocycles. The first-order valence-electron chi connectivity index (χ1n) is 8.12. The summed E-state index contributed by atoms with van der Waals surface area (Å²) in [4.78, 5) is 18.1. The maximum absolute atomic E-state index is 11.6. The summed E-state index contributed by atoms with van der Waals surface area (Å²) < 4.78 is 15.7. The lowest BCUT2D eigenvalue weighted by molar-refractivity contribution is -0.272. The number of unbranched alkanes of at least 4 members (excludes halogenated alkanes) is 1. The van der Waals surface area contributed by atoms with Gasteiger partial charge in [-0.2, -0.15) is 0 Å². The number of esters is 1. The smallest absolute Gasteiger partial charge is 0.366 e. The molecular formula is C17H25NO5S. The molecule has 1 aromatic heterocycles. The monoisotopic (exact) mass is 355 g/mol. The van der Waals surface area contributed by atoms with Crippen molar-refractivity contribution in [2.24, 2.45) is 11.1 Å². The predicted octanol–water partition coefficient (Wildman–Crippen LogP) is 3.21. The van der Waals surface area contributed by atoms with Crippen LogP contribution in [0.3, 0.4) is 0 Å². The van der Waals surface area contributed by atoms with Crippen molar-refractivity contribution in [3.8, 4) is 0 Å². The number of oxime groups is 1. The standard InChI is InChI=1S/C17H25NO5S/c1-13(15-8-6-10-24-15)18-23-9-5-4-7-14-11-21-17(2,22-12-14)16(19)20-3/h6,8,10,14H,4-5,7,9,11-12H2,1-3H3/b18-13-. The van der Waals surface area contributed by atoms with E-state index in [0.29, 0.717) is 25.7 Å². The third-order valence-corrected chi connectivity index (χ3v) is 4.90. The summed E-state index contributed by atoms with van der Waals surface area (Å²) in [6.45, 7) is 5.14. The average Bonchev–Trinajstić information content (AvgIpc) is 3.13. The number of rotatable bonds is 8. The zero-order valence-corrected chi connectivity index (χ0v) is 15.3. The van der Waals surface area contributed by atoms with Crippen LogP contribution in [0.2, 0.25) is 0 Å². The molecule has 0 atom stereocenters. The average molecular weight is 355 g/mol. The number of methoxy groups -OCH3 is 1. The Morgan fingerprint density at radius 3 is 2.79 bits per heavy atom. The van der Waals surface area contributed by atoms with Gasteiger partial charge in [0.05, 0.1) is 30.9 Å². The molecule has 0 spiro atoms. The lowest BCUT2D eigenvalue weighted by Gasteiger charge is -2.35. The van der Waals surface area contributed by atoms with Crippen LogP contribution in [-0.2, 0) is 23.8 Å². The highest BCUT2D eigenvalue weighted by Crippen LogP contribution is 2.25. The highest BCUT2D eigenvalue weighted by Gasteiger charge is 2.41. The Labute approximate surface area is 146 Å². The predicted molar refractivity (Wildman–Crippen MR) is 92.1 cm³/mol. The van der Waals surface area contributed by atoms with Gasteiger partial charge in [-0.1, -0.05) is 11.2 Å². The van der Waals surface area contributed by atoms with Gasteiger partial charge in [-0.3, -0.25) is 0 Å². The van der Waals surface area contributed by atoms with Crippen molar-refractivity contribution in [1.82, 2.24) is 0 Å². The SMILES string of the molecule is COC(=O)C1(C)OCC(CCCCO/N=C(/C)c2cccs2)CO1. The van der Waals surface area contributed by atoms with Crippen molar-refractivity contribution in [3.05, 3.63) is 22.4 Å². The molecule has 0 bridgehead atoms. The Morgan fingerprint density at radius 1 is 1.42 bits per heavy atom. The van der Waals surface area contributed by atoms with Crippen molar-refractivity contribution in [2.45, 2.75) is 38.9 Å². The van der Waals surface area contributed by atoms with Gasteiger partial charge >= 0.3 is 5.97 Å². The lowest BCUT2D eigenvalue weighted by Crippen LogP contribution is -2.48. The van der Waals surface area contributed by atoms with Crippen LogP contribution in [0.5, 0.6) is 0 Å². The third kappa shape index (κ3) is 5.29. The fraction of sp³-hybridized carbons (Fsp3) is 0.647. The molecule has 1 aromatic rings. The molecule has 0 N–H and O–H groups in total. The molecule has 0 aromatic carbocycles. The minimum Gasteiger partial charge on any atom is -0.465 e. The van der Waals surface area contributed by atoms with Crippen LogP contribution in [0.1, 0.15) is 38.0 Å².